The Labute approximate surface area is 193 Å². The number of carbonyl (C=O) groups is 1. The normalized spacial score (nSPS) is 16.2. The first-order chi connectivity index (χ1) is 16.2. The van der Waals surface area contributed by atoms with Crippen molar-refractivity contribution in [3.63, 3.8) is 0 Å². The van der Waals surface area contributed by atoms with Crippen LogP contribution >= 0.6 is 0 Å². The molecule has 0 radical (unpaired) electrons. The minimum atomic E-state index is -4.63. The molecule has 1 N–H and O–H groups in total. The molecule has 11 heteroatoms. The van der Waals surface area contributed by atoms with Crippen LogP contribution in [-0.4, -0.2) is 36.8 Å². The number of oxazole rings is 1. The van der Waals surface area contributed by atoms with Crippen molar-refractivity contribution < 1.29 is 35.9 Å². The summed E-state index contributed by atoms with van der Waals surface area (Å²) >= 11 is 0. The Balaban J connectivity index is 1.43. The fraction of sp³-hybridized carbons (Fsp3) is 0.565. The second-order valence-corrected chi connectivity index (χ2v) is 8.77. The van der Waals surface area contributed by atoms with Crippen molar-refractivity contribution in [2.45, 2.75) is 57.5 Å². The third-order valence-electron chi connectivity index (χ3n) is 5.84. The Morgan fingerprint density at radius 2 is 1.82 bits per heavy atom. The molecule has 0 spiro atoms. The maximum absolute atomic E-state index is 14.4. The molecule has 1 aromatic carbocycles. The van der Waals surface area contributed by atoms with Gasteiger partial charge in [-0.25, -0.2) is 8.78 Å². The number of carbonyl (C=O) groups excluding carboxylic acids is 1. The maximum Gasteiger partial charge on any atom is 0.396 e. The number of nitrogens with one attached hydrogen (secondary N) is 1. The average Bonchev–Trinajstić information content (AvgIpc) is 3.23. The second kappa shape index (κ2) is 10.2. The molecule has 2 aliphatic rings. The molecule has 186 valence electrons. The van der Waals surface area contributed by atoms with Crippen LogP contribution < -0.4 is 15.0 Å². The summed E-state index contributed by atoms with van der Waals surface area (Å²) in [6, 6.07) is 1.63. The molecule has 1 saturated carbocycles. The van der Waals surface area contributed by atoms with Gasteiger partial charge in [-0.05, 0) is 31.6 Å². The number of hydrogen-bond acceptors (Lipinski definition) is 5. The molecule has 2 heterocycles. The summed E-state index contributed by atoms with van der Waals surface area (Å²) in [4.78, 5) is 18.3. The third kappa shape index (κ3) is 6.38. The van der Waals surface area contributed by atoms with Gasteiger partial charge in [-0.2, -0.15) is 18.2 Å². The van der Waals surface area contributed by atoms with Crippen LogP contribution in [0.2, 0.25) is 0 Å². The summed E-state index contributed by atoms with van der Waals surface area (Å²) in [6.07, 6.45) is 0.668. The van der Waals surface area contributed by atoms with E-state index in [4.69, 9.17) is 9.15 Å². The Bertz CT molecular complexity index is 991. The molecule has 0 bridgehead atoms. The van der Waals surface area contributed by atoms with Crippen molar-refractivity contribution in [3.05, 3.63) is 35.2 Å². The largest absolute Gasteiger partial charge is 0.488 e. The van der Waals surface area contributed by atoms with E-state index in [0.717, 1.165) is 43.7 Å². The Morgan fingerprint density at radius 3 is 2.44 bits per heavy atom. The van der Waals surface area contributed by atoms with Gasteiger partial charge in [0.15, 0.2) is 23.1 Å². The van der Waals surface area contributed by atoms with Crippen LogP contribution in [0.1, 0.15) is 61.2 Å². The lowest BCUT2D eigenvalue weighted by Crippen LogP contribution is -2.19. The monoisotopic (exact) mass is 487 g/mol. The van der Waals surface area contributed by atoms with E-state index >= 15 is 0 Å². The number of hydrogen-bond donors (Lipinski definition) is 1. The van der Waals surface area contributed by atoms with Gasteiger partial charge in [-0.1, -0.05) is 19.3 Å². The van der Waals surface area contributed by atoms with E-state index in [0.29, 0.717) is 19.5 Å². The molecule has 2 aromatic rings. The first kappa shape index (κ1) is 24.3. The van der Waals surface area contributed by atoms with Crippen molar-refractivity contribution in [1.82, 2.24) is 4.98 Å². The number of anilines is 2. The predicted octanol–water partition coefficient (Wildman–Crippen LogP) is 5.87. The molecule has 0 unspecified atom stereocenters. The topological polar surface area (TPSA) is 67.6 Å². The summed E-state index contributed by atoms with van der Waals surface area (Å²) in [5, 5.41) is 2.21. The van der Waals surface area contributed by atoms with Crippen molar-refractivity contribution in [2.24, 2.45) is 5.92 Å². The predicted molar refractivity (Wildman–Crippen MR) is 114 cm³/mol. The van der Waals surface area contributed by atoms with E-state index in [2.05, 4.69) is 10.3 Å². The number of halogens is 5. The molecule has 1 aliphatic carbocycles. The standard InChI is InChI=1S/C23H26F5N3O3/c24-16-11-15(12-17(25)20(16)33-10-4-1-5-14-6-7-14)29-21(32)19-18(13-23(26,27)28)34-22(30-19)31-8-2-3-9-31/h11-12,14H,1-10,13H2,(H,29,32). The third-order valence-corrected chi connectivity index (χ3v) is 5.84. The highest BCUT2D eigenvalue weighted by Gasteiger charge is 2.35. The molecular weight excluding hydrogens is 461 g/mol. The summed E-state index contributed by atoms with van der Waals surface area (Å²) in [6.45, 7) is 1.25. The zero-order valence-corrected chi connectivity index (χ0v) is 18.5. The molecule has 2 fully saturated rings. The zero-order chi connectivity index (χ0) is 24.3. The van der Waals surface area contributed by atoms with Crippen molar-refractivity contribution in [1.29, 1.82) is 0 Å². The van der Waals surface area contributed by atoms with Gasteiger partial charge in [0.1, 0.15) is 12.2 Å². The first-order valence-corrected chi connectivity index (χ1v) is 11.4. The SMILES string of the molecule is O=C(Nc1cc(F)c(OCCCCC2CC2)c(F)c1)c1nc(N2CCCC2)oc1CC(F)(F)F. The summed E-state index contributed by atoms with van der Waals surface area (Å²) in [5.41, 5.74) is -0.846. The molecule has 0 atom stereocenters. The number of unbranched alkanes of at least 4 members (excludes halogenated alkanes) is 1. The molecule has 1 aliphatic heterocycles. The lowest BCUT2D eigenvalue weighted by atomic mass is 10.2. The van der Waals surface area contributed by atoms with Crippen LogP contribution in [0.5, 0.6) is 5.75 Å². The van der Waals surface area contributed by atoms with Crippen LogP contribution in [0.15, 0.2) is 16.5 Å². The Morgan fingerprint density at radius 1 is 1.15 bits per heavy atom. The fourth-order valence-electron chi connectivity index (χ4n) is 3.94. The average molecular weight is 487 g/mol. The Hall–Kier alpha value is -2.85. The van der Waals surface area contributed by atoms with Crippen molar-refractivity contribution >= 4 is 17.6 Å². The number of aromatic nitrogens is 1. The molecule has 1 saturated heterocycles. The number of rotatable bonds is 10. The molecule has 34 heavy (non-hydrogen) atoms. The van der Waals surface area contributed by atoms with Gasteiger partial charge in [0.05, 0.1) is 6.61 Å². The first-order valence-electron chi connectivity index (χ1n) is 11.4. The molecule has 1 aromatic heterocycles. The quantitative estimate of drug-likeness (QED) is 0.335. The number of ether oxygens (including phenoxy) is 1. The van der Waals surface area contributed by atoms with Crippen LogP contribution in [0.3, 0.4) is 0 Å². The second-order valence-electron chi connectivity index (χ2n) is 8.77. The van der Waals surface area contributed by atoms with Crippen molar-refractivity contribution in [2.75, 3.05) is 29.9 Å². The lowest BCUT2D eigenvalue weighted by Gasteiger charge is -2.11. The van der Waals surface area contributed by atoms with E-state index in [1.54, 1.807) is 4.90 Å². The fourth-order valence-corrected chi connectivity index (χ4v) is 3.94. The molecule has 4 rings (SSSR count). The maximum atomic E-state index is 14.4. The number of nitrogens with zero attached hydrogens (tertiary/aromatic N) is 2. The van der Waals surface area contributed by atoms with Crippen LogP contribution in [0.4, 0.5) is 33.7 Å². The molecule has 1 amide bonds. The smallest absolute Gasteiger partial charge is 0.396 e. The van der Waals surface area contributed by atoms with Gasteiger partial charge in [0.25, 0.3) is 11.9 Å². The van der Waals surface area contributed by atoms with Gasteiger partial charge in [0, 0.05) is 30.9 Å². The van der Waals surface area contributed by atoms with Gasteiger partial charge in [-0.3, -0.25) is 4.79 Å². The van der Waals surface area contributed by atoms with E-state index < -0.39 is 47.3 Å². The lowest BCUT2D eigenvalue weighted by molar-refractivity contribution is -0.130. The van der Waals surface area contributed by atoms with E-state index in [1.165, 1.54) is 12.8 Å². The number of amides is 1. The van der Waals surface area contributed by atoms with Crippen LogP contribution in [-0.2, 0) is 6.42 Å². The van der Waals surface area contributed by atoms with Gasteiger partial charge in [0.2, 0.25) is 0 Å². The highest BCUT2D eigenvalue weighted by molar-refractivity contribution is 6.03. The summed E-state index contributed by atoms with van der Waals surface area (Å²) < 4.78 is 78.3. The van der Waals surface area contributed by atoms with Crippen molar-refractivity contribution in [3.8, 4) is 5.75 Å². The number of alkyl halides is 3. The van der Waals surface area contributed by atoms with Gasteiger partial charge in [-0.15, -0.1) is 0 Å². The highest BCUT2D eigenvalue weighted by Crippen LogP contribution is 2.34. The van der Waals surface area contributed by atoms with Crippen LogP contribution in [0.25, 0.3) is 0 Å². The minimum Gasteiger partial charge on any atom is -0.488 e. The highest BCUT2D eigenvalue weighted by atomic mass is 19.4. The van der Waals surface area contributed by atoms with E-state index in [-0.39, 0.29) is 18.3 Å². The summed E-state index contributed by atoms with van der Waals surface area (Å²) in [5.74, 6) is -3.54. The molecule has 6 nitrogen and oxygen atoms in total. The van der Waals surface area contributed by atoms with E-state index in [9.17, 15) is 26.7 Å². The van der Waals surface area contributed by atoms with Crippen LogP contribution in [0, 0.1) is 17.6 Å². The van der Waals surface area contributed by atoms with Gasteiger partial charge < -0.3 is 19.4 Å². The summed E-state index contributed by atoms with van der Waals surface area (Å²) in [7, 11) is 0. The Kier molecular flexibility index (Phi) is 7.27. The zero-order valence-electron chi connectivity index (χ0n) is 18.5. The van der Waals surface area contributed by atoms with Gasteiger partial charge >= 0.3 is 6.18 Å². The number of benzene rings is 1. The molecular formula is C23H26F5N3O3. The minimum absolute atomic E-state index is 0.0790. The van der Waals surface area contributed by atoms with E-state index in [1.807, 2.05) is 0 Å².